The summed E-state index contributed by atoms with van der Waals surface area (Å²) in [6.07, 6.45) is 2.08. The summed E-state index contributed by atoms with van der Waals surface area (Å²) in [5.74, 6) is 1.81. The Morgan fingerprint density at radius 1 is 1.29 bits per heavy atom. The summed E-state index contributed by atoms with van der Waals surface area (Å²) >= 11 is 3.43. The number of aromatic nitrogens is 2. The quantitative estimate of drug-likeness (QED) is 0.718. The van der Waals surface area contributed by atoms with Crippen LogP contribution in [-0.2, 0) is 0 Å². The van der Waals surface area contributed by atoms with Gasteiger partial charge in [-0.3, -0.25) is 0 Å². The molecule has 28 heavy (non-hydrogen) atoms. The van der Waals surface area contributed by atoms with Crippen molar-refractivity contribution in [2.75, 3.05) is 30.7 Å². The number of nitrogens with two attached hydrogens (primary N) is 1. The molecule has 0 radical (unpaired) electrons. The van der Waals surface area contributed by atoms with E-state index < -0.39 is 0 Å². The summed E-state index contributed by atoms with van der Waals surface area (Å²) in [5, 5.41) is 12.5. The highest BCUT2D eigenvalue weighted by molar-refractivity contribution is 9.10. The Bertz CT molecular complexity index is 879. The first-order valence-corrected chi connectivity index (χ1v) is 10.2. The van der Waals surface area contributed by atoms with Crippen molar-refractivity contribution in [2.24, 2.45) is 0 Å². The fourth-order valence-corrected chi connectivity index (χ4v) is 3.68. The third kappa shape index (κ3) is 4.54. The number of aryl methyl sites for hydroxylation is 2. The molecule has 1 saturated heterocycles. The predicted molar refractivity (Wildman–Crippen MR) is 114 cm³/mol. The van der Waals surface area contributed by atoms with Gasteiger partial charge < -0.3 is 20.7 Å². The van der Waals surface area contributed by atoms with Crippen LogP contribution in [0, 0.1) is 25.2 Å². The standard InChI is InChI=1S/C20H25BrN6O/c1-4-27-7-5-15(6-8-27)24-20-25-18(23)16(21)19(26-20)28-17-12(2)9-14(11-22)10-13(17)3/h9-10,15H,4-8H2,1-3H3,(H3,23,24,25,26). The average Bonchev–Trinajstić information content (AvgIpc) is 2.68. The molecule has 0 bridgehead atoms. The SMILES string of the molecule is CCN1CCC(Nc2nc(N)c(Br)c(Oc3c(C)cc(C#N)cc3C)n2)CC1. The molecule has 8 heteroatoms. The number of hydrogen-bond donors (Lipinski definition) is 2. The van der Waals surface area contributed by atoms with E-state index >= 15 is 0 Å². The number of ether oxygens (including phenoxy) is 1. The van der Waals surface area contributed by atoms with E-state index in [-0.39, 0.29) is 0 Å². The van der Waals surface area contributed by atoms with Crippen LogP contribution in [0.25, 0.3) is 0 Å². The maximum atomic E-state index is 9.13. The molecule has 1 aliphatic rings. The Balaban J connectivity index is 1.82. The highest BCUT2D eigenvalue weighted by atomic mass is 79.9. The number of nitrogens with one attached hydrogen (secondary N) is 1. The molecule has 0 atom stereocenters. The molecule has 2 heterocycles. The lowest BCUT2D eigenvalue weighted by Gasteiger charge is -2.31. The van der Waals surface area contributed by atoms with Crippen molar-refractivity contribution in [1.29, 1.82) is 5.26 Å². The fraction of sp³-hybridized carbons (Fsp3) is 0.450. The van der Waals surface area contributed by atoms with Crippen molar-refractivity contribution in [3.63, 3.8) is 0 Å². The maximum Gasteiger partial charge on any atom is 0.240 e. The van der Waals surface area contributed by atoms with Crippen molar-refractivity contribution >= 4 is 27.7 Å². The second-order valence-corrected chi connectivity index (χ2v) is 7.85. The van der Waals surface area contributed by atoms with E-state index in [1.165, 1.54) is 0 Å². The number of nitriles is 1. The lowest BCUT2D eigenvalue weighted by molar-refractivity contribution is 0.229. The number of benzene rings is 1. The molecule has 0 unspecified atom stereocenters. The average molecular weight is 445 g/mol. The largest absolute Gasteiger partial charge is 0.437 e. The third-order valence-electron chi connectivity index (χ3n) is 5.00. The molecule has 2 aromatic rings. The smallest absolute Gasteiger partial charge is 0.240 e. The van der Waals surface area contributed by atoms with E-state index in [4.69, 9.17) is 15.7 Å². The number of hydrogen-bond acceptors (Lipinski definition) is 7. The minimum absolute atomic E-state index is 0.314. The number of nitrogen functional groups attached to an aromatic ring is 1. The minimum atomic E-state index is 0.314. The second kappa shape index (κ2) is 8.76. The molecule has 0 amide bonds. The predicted octanol–water partition coefficient (Wildman–Crippen LogP) is 4.00. The van der Waals surface area contributed by atoms with E-state index in [2.05, 4.69) is 49.1 Å². The van der Waals surface area contributed by atoms with Crippen LogP contribution in [0.5, 0.6) is 11.6 Å². The summed E-state index contributed by atoms with van der Waals surface area (Å²) in [6.45, 7) is 9.20. The zero-order valence-electron chi connectivity index (χ0n) is 16.4. The number of halogens is 1. The number of anilines is 2. The molecule has 3 rings (SSSR count). The first kappa shape index (κ1) is 20.4. The molecule has 0 spiro atoms. The molecule has 7 nitrogen and oxygen atoms in total. The fourth-order valence-electron chi connectivity index (χ4n) is 3.42. The van der Waals surface area contributed by atoms with Crippen molar-refractivity contribution in [2.45, 2.75) is 39.7 Å². The van der Waals surface area contributed by atoms with Crippen LogP contribution in [-0.4, -0.2) is 40.5 Å². The summed E-state index contributed by atoms with van der Waals surface area (Å²) < 4.78 is 6.60. The Hall–Kier alpha value is -2.37. The molecule has 3 N–H and O–H groups in total. The Kier molecular flexibility index (Phi) is 6.37. The van der Waals surface area contributed by atoms with Gasteiger partial charge in [0.05, 0.1) is 11.6 Å². The molecule has 148 valence electrons. The molecule has 1 aliphatic heterocycles. The van der Waals surface area contributed by atoms with Crippen molar-refractivity contribution in [3.05, 3.63) is 33.3 Å². The monoisotopic (exact) mass is 444 g/mol. The van der Waals surface area contributed by atoms with Gasteiger partial charge in [-0.05, 0) is 72.4 Å². The molecule has 1 aromatic heterocycles. The number of rotatable bonds is 5. The van der Waals surface area contributed by atoms with E-state index in [0.717, 1.165) is 43.6 Å². The first-order valence-electron chi connectivity index (χ1n) is 9.42. The van der Waals surface area contributed by atoms with Crippen LogP contribution >= 0.6 is 15.9 Å². The number of nitrogens with zero attached hydrogens (tertiary/aromatic N) is 4. The van der Waals surface area contributed by atoms with Crippen LogP contribution in [0.4, 0.5) is 11.8 Å². The van der Waals surface area contributed by atoms with E-state index in [9.17, 15) is 0 Å². The second-order valence-electron chi connectivity index (χ2n) is 7.06. The zero-order valence-corrected chi connectivity index (χ0v) is 18.0. The minimum Gasteiger partial charge on any atom is -0.437 e. The van der Waals surface area contributed by atoms with Gasteiger partial charge in [-0.25, -0.2) is 0 Å². The van der Waals surface area contributed by atoms with Crippen LogP contribution < -0.4 is 15.8 Å². The molecule has 0 saturated carbocycles. The normalized spacial score (nSPS) is 15.2. The third-order valence-corrected chi connectivity index (χ3v) is 5.75. The van der Waals surface area contributed by atoms with Crippen molar-refractivity contribution < 1.29 is 4.74 Å². The van der Waals surface area contributed by atoms with Crippen molar-refractivity contribution in [3.8, 4) is 17.7 Å². The van der Waals surface area contributed by atoms with Gasteiger partial charge in [0.1, 0.15) is 16.0 Å². The van der Waals surface area contributed by atoms with Gasteiger partial charge in [0.15, 0.2) is 0 Å². The number of likely N-dealkylation sites (tertiary alicyclic amines) is 1. The Morgan fingerprint density at radius 2 is 1.93 bits per heavy atom. The van der Waals surface area contributed by atoms with Crippen LogP contribution in [0.1, 0.15) is 36.5 Å². The van der Waals surface area contributed by atoms with Gasteiger partial charge in [0.25, 0.3) is 0 Å². The van der Waals surface area contributed by atoms with Gasteiger partial charge in [0, 0.05) is 19.1 Å². The van der Waals surface area contributed by atoms with Crippen LogP contribution in [0.3, 0.4) is 0 Å². The lowest BCUT2D eigenvalue weighted by Crippen LogP contribution is -2.39. The summed E-state index contributed by atoms with van der Waals surface area (Å²) in [6, 6.07) is 6.06. The van der Waals surface area contributed by atoms with Crippen molar-refractivity contribution in [1.82, 2.24) is 14.9 Å². The molecule has 1 fully saturated rings. The van der Waals surface area contributed by atoms with E-state index in [1.807, 2.05) is 13.8 Å². The molecule has 1 aromatic carbocycles. The van der Waals surface area contributed by atoms with Gasteiger partial charge in [-0.2, -0.15) is 15.2 Å². The summed E-state index contributed by atoms with van der Waals surface area (Å²) in [7, 11) is 0. The van der Waals surface area contributed by atoms with E-state index in [0.29, 0.717) is 39.5 Å². The van der Waals surface area contributed by atoms with E-state index in [1.54, 1.807) is 12.1 Å². The Morgan fingerprint density at radius 3 is 2.50 bits per heavy atom. The van der Waals surface area contributed by atoms with Gasteiger partial charge in [0.2, 0.25) is 11.8 Å². The maximum absolute atomic E-state index is 9.13. The molecular weight excluding hydrogens is 420 g/mol. The van der Waals surface area contributed by atoms with Crippen LogP contribution in [0.15, 0.2) is 16.6 Å². The first-order chi connectivity index (χ1) is 13.4. The molecular formula is C20H25BrN6O. The summed E-state index contributed by atoms with van der Waals surface area (Å²) in [5.41, 5.74) is 8.40. The Labute approximate surface area is 174 Å². The lowest BCUT2D eigenvalue weighted by atomic mass is 10.1. The van der Waals surface area contributed by atoms with Gasteiger partial charge >= 0.3 is 0 Å². The topological polar surface area (TPSA) is 100 Å². The zero-order chi connectivity index (χ0) is 20.3. The summed E-state index contributed by atoms with van der Waals surface area (Å²) in [4.78, 5) is 11.3. The van der Waals surface area contributed by atoms with Gasteiger partial charge in [-0.1, -0.05) is 6.92 Å². The van der Waals surface area contributed by atoms with Crippen LogP contribution in [0.2, 0.25) is 0 Å². The highest BCUT2D eigenvalue weighted by Gasteiger charge is 2.21. The molecule has 0 aliphatic carbocycles. The highest BCUT2D eigenvalue weighted by Crippen LogP contribution is 2.35. The number of piperidine rings is 1. The van der Waals surface area contributed by atoms with Gasteiger partial charge in [-0.15, -0.1) is 0 Å².